The van der Waals surface area contributed by atoms with Crippen LogP contribution in [-0.2, 0) is 50.2 Å². The summed E-state index contributed by atoms with van der Waals surface area (Å²) in [5, 5.41) is 13.1. The Morgan fingerprint density at radius 2 is 0.977 bits per heavy atom. The highest BCUT2D eigenvalue weighted by atomic mass is 16.7. The Bertz CT molecular complexity index is 1360. The summed E-state index contributed by atoms with van der Waals surface area (Å²) in [7, 11) is 0. The average Bonchev–Trinajstić information content (AvgIpc) is 3.36. The van der Waals surface area contributed by atoms with E-state index in [1.807, 2.05) is 114 Å². The van der Waals surface area contributed by atoms with E-state index in [0.717, 1.165) is 22.3 Å². The molecule has 0 amide bonds. The molecule has 2 fully saturated rings. The van der Waals surface area contributed by atoms with Crippen LogP contribution < -0.4 is 0 Å². The Kier molecular flexibility index (Phi) is 10.3. The zero-order chi connectivity index (χ0) is 29.3. The molecule has 4 aromatic carbocycles. The number of hydrogen-bond donors (Lipinski definition) is 1. The maximum Gasteiger partial charge on any atom is 0.107 e. The molecule has 2 aliphatic heterocycles. The minimum absolute atomic E-state index is 0.113. The molecule has 0 unspecified atom stereocenters. The summed E-state index contributed by atoms with van der Waals surface area (Å²) in [4.78, 5) is 6.24. The Labute approximate surface area is 253 Å². The topological polar surface area (TPSA) is 69.6 Å². The van der Waals surface area contributed by atoms with Gasteiger partial charge in [-0.25, -0.2) is 0 Å². The number of hydroxylamine groups is 2. The highest BCUT2D eigenvalue weighted by Crippen LogP contribution is 2.38. The quantitative estimate of drug-likeness (QED) is 0.229. The lowest BCUT2D eigenvalue weighted by atomic mass is 9.98. The van der Waals surface area contributed by atoms with Crippen LogP contribution in [0.15, 0.2) is 121 Å². The van der Waals surface area contributed by atoms with Crippen molar-refractivity contribution < 1.29 is 28.9 Å². The van der Waals surface area contributed by atoms with Gasteiger partial charge in [-0.2, -0.15) is 5.06 Å². The van der Waals surface area contributed by atoms with Gasteiger partial charge in [0.15, 0.2) is 0 Å². The third-order valence-electron chi connectivity index (χ3n) is 8.03. The fraction of sp³-hybridized carbons (Fsp3) is 0.333. The van der Waals surface area contributed by atoms with Crippen LogP contribution in [0.3, 0.4) is 0 Å². The van der Waals surface area contributed by atoms with Crippen LogP contribution >= 0.6 is 0 Å². The van der Waals surface area contributed by atoms with Gasteiger partial charge in [0.1, 0.15) is 24.4 Å². The van der Waals surface area contributed by atoms with Crippen molar-refractivity contribution in [3.8, 4) is 0 Å². The van der Waals surface area contributed by atoms with E-state index < -0.39 is 30.5 Å². The minimum Gasteiger partial charge on any atom is -0.388 e. The van der Waals surface area contributed by atoms with E-state index in [1.54, 1.807) is 0 Å². The first-order chi connectivity index (χ1) is 21.3. The van der Waals surface area contributed by atoms with Crippen molar-refractivity contribution >= 4 is 0 Å². The maximum absolute atomic E-state index is 11.2. The van der Waals surface area contributed by atoms with E-state index in [0.29, 0.717) is 33.0 Å². The Balaban J connectivity index is 1.27. The highest BCUT2D eigenvalue weighted by Gasteiger charge is 2.58. The number of aliphatic hydroxyl groups is 1. The zero-order valence-electron chi connectivity index (χ0n) is 24.2. The monoisotopic (exact) mass is 581 g/mol. The van der Waals surface area contributed by atoms with Gasteiger partial charge >= 0.3 is 0 Å². The van der Waals surface area contributed by atoms with Gasteiger partial charge in [0, 0.05) is 0 Å². The largest absolute Gasteiger partial charge is 0.388 e. The normalized spacial score (nSPS) is 25.4. The molecule has 0 spiro atoms. The third kappa shape index (κ3) is 7.58. The van der Waals surface area contributed by atoms with Gasteiger partial charge < -0.3 is 24.1 Å². The fourth-order valence-corrected chi connectivity index (χ4v) is 5.87. The van der Waals surface area contributed by atoms with Crippen LogP contribution in [0.2, 0.25) is 0 Å². The summed E-state index contributed by atoms with van der Waals surface area (Å²) in [6, 6.07) is 39.6. The number of aliphatic hydroxyl groups excluding tert-OH is 1. The molecule has 2 saturated heterocycles. The molecule has 4 aromatic rings. The fourth-order valence-electron chi connectivity index (χ4n) is 5.87. The second kappa shape index (κ2) is 14.9. The first-order valence-electron chi connectivity index (χ1n) is 14.9. The van der Waals surface area contributed by atoms with E-state index in [4.69, 9.17) is 23.8 Å². The minimum atomic E-state index is -0.827. The third-order valence-corrected chi connectivity index (χ3v) is 8.03. The van der Waals surface area contributed by atoms with Crippen LogP contribution in [0.1, 0.15) is 22.3 Å². The standard InChI is InChI=1S/C36H39NO6/c38-32-26-43-37-31(25-39-21-27-13-5-1-6-14-27)34(40-22-28-15-7-2-8-16-28)36(42-24-30-19-11-4-12-20-30)33(37)35(32)41-23-29-17-9-3-10-18-29/h1-20,31-36,38H,21-26H2/t31-,32+,33-,34-,35-,36-/m1/s1. The first kappa shape index (κ1) is 29.7. The van der Waals surface area contributed by atoms with Gasteiger partial charge in [-0.1, -0.05) is 121 Å². The van der Waals surface area contributed by atoms with Crippen molar-refractivity contribution in [1.29, 1.82) is 0 Å². The van der Waals surface area contributed by atoms with Crippen LogP contribution in [0, 0.1) is 0 Å². The molecule has 0 aliphatic carbocycles. The number of benzene rings is 4. The molecule has 0 saturated carbocycles. The van der Waals surface area contributed by atoms with Crippen molar-refractivity contribution in [3.05, 3.63) is 144 Å². The molecule has 6 atom stereocenters. The maximum atomic E-state index is 11.2. The summed E-state index contributed by atoms with van der Waals surface area (Å²) >= 11 is 0. The van der Waals surface area contributed by atoms with Crippen LogP contribution in [-0.4, -0.2) is 59.9 Å². The lowest BCUT2D eigenvalue weighted by molar-refractivity contribution is -0.294. The second-order valence-electron chi connectivity index (χ2n) is 11.1. The molecule has 2 heterocycles. The second-order valence-corrected chi connectivity index (χ2v) is 11.1. The molecular formula is C36H39NO6. The smallest absolute Gasteiger partial charge is 0.107 e. The zero-order valence-corrected chi connectivity index (χ0v) is 24.2. The predicted octanol–water partition coefficient (Wildman–Crippen LogP) is 5.32. The highest BCUT2D eigenvalue weighted by molar-refractivity contribution is 5.17. The first-order valence-corrected chi connectivity index (χ1v) is 14.9. The van der Waals surface area contributed by atoms with Gasteiger partial charge in [-0.05, 0) is 22.3 Å². The number of fused-ring (bicyclic) bond motifs is 1. The summed E-state index contributed by atoms with van der Waals surface area (Å²) in [6.45, 7) is 2.10. The van der Waals surface area contributed by atoms with Gasteiger partial charge in [-0.3, -0.25) is 4.84 Å². The van der Waals surface area contributed by atoms with E-state index in [9.17, 15) is 5.11 Å². The van der Waals surface area contributed by atoms with E-state index in [-0.39, 0.29) is 12.6 Å². The van der Waals surface area contributed by atoms with Gasteiger partial charge in [0.2, 0.25) is 0 Å². The summed E-state index contributed by atoms with van der Waals surface area (Å²) in [5.41, 5.74) is 4.25. The lowest BCUT2D eigenvalue weighted by Gasteiger charge is -2.41. The molecule has 43 heavy (non-hydrogen) atoms. The number of hydrogen-bond acceptors (Lipinski definition) is 7. The molecule has 2 aliphatic rings. The number of nitrogens with zero attached hydrogens (tertiary/aromatic N) is 1. The molecule has 0 aromatic heterocycles. The lowest BCUT2D eigenvalue weighted by Crippen LogP contribution is -2.59. The van der Waals surface area contributed by atoms with Crippen LogP contribution in [0.25, 0.3) is 0 Å². The van der Waals surface area contributed by atoms with Gasteiger partial charge in [0.25, 0.3) is 0 Å². The van der Waals surface area contributed by atoms with Crippen molar-refractivity contribution in [3.63, 3.8) is 0 Å². The van der Waals surface area contributed by atoms with Crippen molar-refractivity contribution in [2.24, 2.45) is 0 Å². The Morgan fingerprint density at radius 1 is 0.558 bits per heavy atom. The molecule has 0 bridgehead atoms. The van der Waals surface area contributed by atoms with E-state index in [2.05, 4.69) is 12.1 Å². The average molecular weight is 582 g/mol. The molecule has 0 radical (unpaired) electrons. The van der Waals surface area contributed by atoms with E-state index >= 15 is 0 Å². The van der Waals surface area contributed by atoms with Crippen molar-refractivity contribution in [1.82, 2.24) is 5.06 Å². The molecule has 7 heteroatoms. The molecule has 1 N–H and O–H groups in total. The summed E-state index contributed by atoms with van der Waals surface area (Å²) < 4.78 is 26.1. The number of rotatable bonds is 13. The van der Waals surface area contributed by atoms with Gasteiger partial charge in [0.05, 0.1) is 51.7 Å². The molecule has 6 rings (SSSR count). The van der Waals surface area contributed by atoms with Crippen LogP contribution in [0.4, 0.5) is 0 Å². The van der Waals surface area contributed by atoms with Crippen molar-refractivity contribution in [2.45, 2.75) is 62.9 Å². The van der Waals surface area contributed by atoms with Gasteiger partial charge in [-0.15, -0.1) is 0 Å². The van der Waals surface area contributed by atoms with Crippen molar-refractivity contribution in [2.75, 3.05) is 13.2 Å². The SMILES string of the molecule is O[C@H]1CON2[C@@H]([C@@H](OCc3ccccc3)[C@H](OCc3ccccc3)[C@H]2COCc2ccccc2)[C@@H]1OCc1ccccc1. The predicted molar refractivity (Wildman–Crippen MR) is 163 cm³/mol. The molecule has 7 nitrogen and oxygen atoms in total. The summed E-state index contributed by atoms with van der Waals surface area (Å²) in [5.74, 6) is 0. The van der Waals surface area contributed by atoms with E-state index in [1.165, 1.54) is 0 Å². The molecule has 224 valence electrons. The summed E-state index contributed by atoms with van der Waals surface area (Å²) in [6.07, 6.45) is -2.24. The van der Waals surface area contributed by atoms with Crippen LogP contribution in [0.5, 0.6) is 0 Å². The molecular weight excluding hydrogens is 542 g/mol. The Hall–Kier alpha value is -3.40. The Morgan fingerprint density at radius 3 is 1.47 bits per heavy atom. The number of ether oxygens (including phenoxy) is 4.